The fraction of sp³-hybridized carbons (Fsp3) is 0.600. The first-order valence-electron chi connectivity index (χ1n) is 10.5. The van der Waals surface area contributed by atoms with Crippen LogP contribution in [0.15, 0.2) is 10.9 Å². The fourth-order valence-corrected chi connectivity index (χ4v) is 5.20. The minimum atomic E-state index is -0.469. The molecule has 2 N–H and O–H groups in total. The molecular weight excluding hydrogens is 390 g/mol. The molecule has 0 saturated heterocycles. The zero-order chi connectivity index (χ0) is 20.2. The molecule has 0 radical (unpaired) electrons. The van der Waals surface area contributed by atoms with Gasteiger partial charge in [-0.1, -0.05) is 19.3 Å². The first kappa shape index (κ1) is 19.9. The van der Waals surface area contributed by atoms with Gasteiger partial charge < -0.3 is 0 Å². The van der Waals surface area contributed by atoms with Crippen LogP contribution in [0.25, 0.3) is 0 Å². The van der Waals surface area contributed by atoms with Crippen molar-refractivity contribution < 1.29 is 9.59 Å². The van der Waals surface area contributed by atoms with Crippen LogP contribution in [0.5, 0.6) is 0 Å². The zero-order valence-corrected chi connectivity index (χ0v) is 17.4. The van der Waals surface area contributed by atoms with Crippen LogP contribution >= 0.6 is 11.3 Å². The van der Waals surface area contributed by atoms with Crippen molar-refractivity contribution in [1.82, 2.24) is 25.2 Å². The summed E-state index contributed by atoms with van der Waals surface area (Å²) in [5.74, 6) is -0.0490. The molecule has 1 aliphatic carbocycles. The molecule has 0 bridgehead atoms. The number of thiophene rings is 1. The Hall–Kier alpha value is -2.42. The molecule has 2 aliphatic rings. The summed E-state index contributed by atoms with van der Waals surface area (Å²) in [5, 5.41) is 4.29. The van der Waals surface area contributed by atoms with Crippen LogP contribution in [0.1, 0.15) is 70.9 Å². The standard InChI is InChI=1S/C20H27N5O3S/c26-18(13-25-20(28)24-11-7-3-6-10-17(24)23-25)21-22-19(27)16-12-14-8-4-1-2-5-9-15(14)29-16/h12H,1-11,13H2,(H,21,26)(H,22,27). The minimum absolute atomic E-state index is 0.208. The smallest absolute Gasteiger partial charge is 0.279 e. The van der Waals surface area contributed by atoms with Crippen LogP contribution in [0.2, 0.25) is 0 Å². The molecule has 156 valence electrons. The second-order valence-electron chi connectivity index (χ2n) is 7.79. The molecule has 3 heterocycles. The van der Waals surface area contributed by atoms with Gasteiger partial charge in [0.25, 0.3) is 11.8 Å². The molecule has 0 aromatic carbocycles. The summed E-state index contributed by atoms with van der Waals surface area (Å²) in [5.41, 5.74) is 5.88. The zero-order valence-electron chi connectivity index (χ0n) is 16.5. The third kappa shape index (κ3) is 4.60. The van der Waals surface area contributed by atoms with E-state index >= 15 is 0 Å². The van der Waals surface area contributed by atoms with Crippen molar-refractivity contribution >= 4 is 23.2 Å². The van der Waals surface area contributed by atoms with Crippen molar-refractivity contribution in [3.8, 4) is 0 Å². The van der Waals surface area contributed by atoms with E-state index in [0.29, 0.717) is 11.4 Å². The van der Waals surface area contributed by atoms with Crippen molar-refractivity contribution in [1.29, 1.82) is 0 Å². The predicted octanol–water partition coefficient (Wildman–Crippen LogP) is 1.95. The van der Waals surface area contributed by atoms with Gasteiger partial charge in [-0.25, -0.2) is 9.48 Å². The molecule has 0 atom stereocenters. The highest BCUT2D eigenvalue weighted by Gasteiger charge is 2.19. The van der Waals surface area contributed by atoms with E-state index in [1.54, 1.807) is 4.57 Å². The topological polar surface area (TPSA) is 98.0 Å². The Morgan fingerprint density at radius 2 is 1.76 bits per heavy atom. The normalized spacial score (nSPS) is 16.7. The molecule has 0 spiro atoms. The Labute approximate surface area is 173 Å². The van der Waals surface area contributed by atoms with E-state index in [0.717, 1.165) is 57.2 Å². The van der Waals surface area contributed by atoms with Crippen LogP contribution in [0.4, 0.5) is 0 Å². The average Bonchev–Trinajstić information content (AvgIpc) is 3.10. The van der Waals surface area contributed by atoms with E-state index in [4.69, 9.17) is 0 Å². The Bertz CT molecular complexity index is 932. The molecule has 0 unspecified atom stereocenters. The van der Waals surface area contributed by atoms with Gasteiger partial charge in [0.1, 0.15) is 12.4 Å². The number of aryl methyl sites for hydroxylation is 3. The van der Waals surface area contributed by atoms with E-state index in [-0.39, 0.29) is 18.1 Å². The van der Waals surface area contributed by atoms with Crippen molar-refractivity contribution in [3.05, 3.63) is 37.7 Å². The summed E-state index contributed by atoms with van der Waals surface area (Å²) >= 11 is 1.51. The summed E-state index contributed by atoms with van der Waals surface area (Å²) < 4.78 is 2.83. The van der Waals surface area contributed by atoms with E-state index in [9.17, 15) is 14.4 Å². The molecule has 2 aromatic heterocycles. The monoisotopic (exact) mass is 417 g/mol. The molecule has 9 heteroatoms. The van der Waals surface area contributed by atoms with Gasteiger partial charge in [0.05, 0.1) is 4.88 Å². The maximum absolute atomic E-state index is 12.5. The number of hydrogen-bond donors (Lipinski definition) is 2. The highest BCUT2D eigenvalue weighted by molar-refractivity contribution is 7.14. The number of carbonyl (C=O) groups is 2. The number of fused-ring (bicyclic) bond motifs is 2. The lowest BCUT2D eigenvalue weighted by Gasteiger charge is -2.07. The van der Waals surface area contributed by atoms with Gasteiger partial charge in [-0.15, -0.1) is 11.3 Å². The maximum atomic E-state index is 12.5. The Morgan fingerprint density at radius 3 is 2.62 bits per heavy atom. The van der Waals surface area contributed by atoms with E-state index in [1.807, 2.05) is 6.07 Å². The first-order chi connectivity index (χ1) is 14.1. The summed E-state index contributed by atoms with van der Waals surface area (Å²) in [4.78, 5) is 39.0. The van der Waals surface area contributed by atoms with Crippen molar-refractivity contribution in [2.24, 2.45) is 0 Å². The van der Waals surface area contributed by atoms with Crippen molar-refractivity contribution in [2.75, 3.05) is 0 Å². The predicted molar refractivity (Wildman–Crippen MR) is 110 cm³/mol. The number of rotatable bonds is 3. The van der Waals surface area contributed by atoms with Gasteiger partial charge in [-0.2, -0.15) is 5.10 Å². The van der Waals surface area contributed by atoms with Crippen LogP contribution in [-0.4, -0.2) is 26.2 Å². The maximum Gasteiger partial charge on any atom is 0.346 e. The number of aromatic nitrogens is 3. The minimum Gasteiger partial charge on any atom is -0.279 e. The second-order valence-corrected chi connectivity index (χ2v) is 8.93. The molecule has 1 aliphatic heterocycles. The largest absolute Gasteiger partial charge is 0.346 e. The number of nitrogens with zero attached hydrogens (tertiary/aromatic N) is 3. The van der Waals surface area contributed by atoms with Crippen molar-refractivity contribution in [3.63, 3.8) is 0 Å². The number of hydrogen-bond acceptors (Lipinski definition) is 5. The summed E-state index contributed by atoms with van der Waals surface area (Å²) in [6.07, 6.45) is 10.6. The molecule has 4 rings (SSSR count). The third-order valence-electron chi connectivity index (χ3n) is 5.61. The number of carbonyl (C=O) groups excluding carboxylic acids is 2. The van der Waals surface area contributed by atoms with Gasteiger partial charge in [-0.3, -0.25) is 25.0 Å². The van der Waals surface area contributed by atoms with Gasteiger partial charge in [0.2, 0.25) is 0 Å². The Kier molecular flexibility index (Phi) is 6.13. The van der Waals surface area contributed by atoms with E-state index < -0.39 is 5.91 Å². The summed E-state index contributed by atoms with van der Waals surface area (Å²) in [6.45, 7) is 0.440. The van der Waals surface area contributed by atoms with Gasteiger partial charge in [-0.05, 0) is 50.2 Å². The third-order valence-corrected chi connectivity index (χ3v) is 6.85. The van der Waals surface area contributed by atoms with Crippen LogP contribution in [-0.2, 0) is 37.1 Å². The molecule has 2 amide bonds. The molecule has 0 saturated carbocycles. The Morgan fingerprint density at radius 1 is 1.00 bits per heavy atom. The molecule has 0 fully saturated rings. The lowest BCUT2D eigenvalue weighted by Crippen LogP contribution is -2.44. The quantitative estimate of drug-likeness (QED) is 0.746. The Balaban J connectivity index is 1.35. The fourth-order valence-electron chi connectivity index (χ4n) is 4.05. The highest BCUT2D eigenvalue weighted by atomic mass is 32.1. The average molecular weight is 418 g/mol. The lowest BCUT2D eigenvalue weighted by molar-refractivity contribution is -0.122. The summed E-state index contributed by atoms with van der Waals surface area (Å²) in [6, 6.07) is 1.95. The van der Waals surface area contributed by atoms with Crippen LogP contribution in [0.3, 0.4) is 0 Å². The molecule has 2 aromatic rings. The molecular formula is C20H27N5O3S. The van der Waals surface area contributed by atoms with Crippen molar-refractivity contribution in [2.45, 2.75) is 77.3 Å². The highest BCUT2D eigenvalue weighted by Crippen LogP contribution is 2.28. The molecule has 8 nitrogen and oxygen atoms in total. The SMILES string of the molecule is O=C(Cn1nc2n(c1=O)CCCCC2)NNC(=O)c1cc2c(s1)CCCCCC2. The molecule has 29 heavy (non-hydrogen) atoms. The van der Waals surface area contributed by atoms with Crippen LogP contribution < -0.4 is 16.5 Å². The number of hydrazine groups is 1. The van der Waals surface area contributed by atoms with Gasteiger partial charge in [0.15, 0.2) is 0 Å². The van der Waals surface area contributed by atoms with Gasteiger partial charge in [0, 0.05) is 17.8 Å². The van der Waals surface area contributed by atoms with Gasteiger partial charge >= 0.3 is 5.69 Å². The first-order valence-corrected chi connectivity index (χ1v) is 11.3. The lowest BCUT2D eigenvalue weighted by atomic mass is 10.00. The van der Waals surface area contributed by atoms with E-state index in [2.05, 4.69) is 16.0 Å². The second kappa shape index (κ2) is 8.94. The van der Waals surface area contributed by atoms with E-state index in [1.165, 1.54) is 39.3 Å². The number of amides is 2. The van der Waals surface area contributed by atoms with Crippen LogP contribution in [0, 0.1) is 0 Å². The number of nitrogens with one attached hydrogen (secondary N) is 2. The summed E-state index contributed by atoms with van der Waals surface area (Å²) in [7, 11) is 0.